The van der Waals surface area contributed by atoms with Crippen LogP contribution in [0.4, 0.5) is 0 Å². The van der Waals surface area contributed by atoms with Gasteiger partial charge in [0.1, 0.15) is 6.29 Å². The third-order valence-electron chi connectivity index (χ3n) is 10.5. The maximum absolute atomic E-state index is 11.5. The van der Waals surface area contributed by atoms with Crippen molar-refractivity contribution in [1.29, 1.82) is 0 Å². The van der Waals surface area contributed by atoms with E-state index in [2.05, 4.69) is 20.8 Å². The maximum Gasteiger partial charge on any atom is 0.122 e. The second-order valence-corrected chi connectivity index (χ2v) is 11.9. The first-order chi connectivity index (χ1) is 13.6. The standard InChI is InChI=1S/C25H42O4/c1-14(13-26)9-15(2)18-5-6-19-23-20(12-22(29)25(18,19)4)24(3)8-7-17(27)10-16(24)11-21(23)28/h13-23,27-29H,5-12H2,1-4H3/t14-,15+,16?,17+,18+,19?,20?,21+,22-,23?,24-,25+/m0/s1. The summed E-state index contributed by atoms with van der Waals surface area (Å²) in [5, 5.41) is 33.0. The summed E-state index contributed by atoms with van der Waals surface area (Å²) in [5.41, 5.74) is -0.0390. The summed E-state index contributed by atoms with van der Waals surface area (Å²) in [6.07, 6.45) is 7.49. The van der Waals surface area contributed by atoms with Gasteiger partial charge < -0.3 is 20.1 Å². The molecular formula is C25H42O4. The monoisotopic (exact) mass is 406 g/mol. The first-order valence-electron chi connectivity index (χ1n) is 12.1. The minimum Gasteiger partial charge on any atom is -0.393 e. The van der Waals surface area contributed by atoms with E-state index in [1.807, 2.05) is 6.92 Å². The Kier molecular flexibility index (Phi) is 5.71. The van der Waals surface area contributed by atoms with Crippen molar-refractivity contribution in [2.24, 2.45) is 52.3 Å². The number of carbonyl (C=O) groups excluding carboxylic acids is 1. The van der Waals surface area contributed by atoms with Crippen LogP contribution < -0.4 is 0 Å². The van der Waals surface area contributed by atoms with Crippen molar-refractivity contribution in [3.05, 3.63) is 0 Å². The molecule has 0 radical (unpaired) electrons. The quantitative estimate of drug-likeness (QED) is 0.621. The molecule has 4 aliphatic rings. The zero-order chi connectivity index (χ0) is 21.1. The third-order valence-corrected chi connectivity index (χ3v) is 10.5. The highest BCUT2D eigenvalue weighted by atomic mass is 16.3. The summed E-state index contributed by atoms with van der Waals surface area (Å²) in [5.74, 6) is 2.22. The first kappa shape index (κ1) is 21.8. The minimum absolute atomic E-state index is 0.0646. The van der Waals surface area contributed by atoms with Crippen molar-refractivity contribution >= 4 is 6.29 Å². The average Bonchev–Trinajstić information content (AvgIpc) is 3.02. The van der Waals surface area contributed by atoms with Crippen LogP contribution in [-0.2, 0) is 4.79 Å². The van der Waals surface area contributed by atoms with E-state index in [0.29, 0.717) is 29.6 Å². The molecule has 0 heterocycles. The number of carbonyl (C=O) groups is 1. The van der Waals surface area contributed by atoms with Gasteiger partial charge >= 0.3 is 0 Å². The molecule has 3 N–H and O–H groups in total. The minimum atomic E-state index is -0.343. The van der Waals surface area contributed by atoms with Gasteiger partial charge in [0, 0.05) is 5.92 Å². The Morgan fingerprint density at radius 3 is 2.41 bits per heavy atom. The van der Waals surface area contributed by atoms with Gasteiger partial charge in [0.2, 0.25) is 0 Å². The zero-order valence-corrected chi connectivity index (χ0v) is 18.8. The van der Waals surface area contributed by atoms with Crippen LogP contribution in [0.15, 0.2) is 0 Å². The number of rotatable bonds is 4. The molecule has 0 aliphatic heterocycles. The van der Waals surface area contributed by atoms with E-state index in [-0.39, 0.29) is 41.0 Å². The van der Waals surface area contributed by atoms with E-state index in [0.717, 1.165) is 57.7 Å². The molecule has 0 saturated heterocycles. The van der Waals surface area contributed by atoms with Gasteiger partial charge in [-0.2, -0.15) is 0 Å². The lowest BCUT2D eigenvalue weighted by Crippen LogP contribution is -2.62. The molecule has 4 aliphatic carbocycles. The second kappa shape index (κ2) is 7.60. The van der Waals surface area contributed by atoms with E-state index in [1.165, 1.54) is 0 Å². The molecule has 0 spiro atoms. The molecule has 4 rings (SSSR count). The van der Waals surface area contributed by atoms with Crippen molar-refractivity contribution in [3.63, 3.8) is 0 Å². The van der Waals surface area contributed by atoms with Crippen molar-refractivity contribution in [2.75, 3.05) is 0 Å². The summed E-state index contributed by atoms with van der Waals surface area (Å²) in [7, 11) is 0. The molecule has 0 aromatic carbocycles. The summed E-state index contributed by atoms with van der Waals surface area (Å²) < 4.78 is 0. The predicted octanol–water partition coefficient (Wildman–Crippen LogP) is 3.81. The van der Waals surface area contributed by atoms with Crippen LogP contribution in [0.25, 0.3) is 0 Å². The number of hydrogen-bond acceptors (Lipinski definition) is 4. The van der Waals surface area contributed by atoms with E-state index >= 15 is 0 Å². The summed E-state index contributed by atoms with van der Waals surface area (Å²) >= 11 is 0. The smallest absolute Gasteiger partial charge is 0.122 e. The SMILES string of the molecule is C[C@H](C=O)C[C@@H](C)[C@H]1CCC2C3C(C[C@H](O)[C@@]21C)[C@@]1(C)CC[C@@H](O)CC1C[C@H]3O. The van der Waals surface area contributed by atoms with E-state index in [9.17, 15) is 20.1 Å². The van der Waals surface area contributed by atoms with Crippen LogP contribution in [0.1, 0.15) is 79.1 Å². The number of hydrogen-bond donors (Lipinski definition) is 3. The fourth-order valence-electron chi connectivity index (χ4n) is 8.94. The summed E-state index contributed by atoms with van der Waals surface area (Å²) in [6.45, 7) is 8.91. The molecule has 4 unspecified atom stereocenters. The highest BCUT2D eigenvalue weighted by molar-refractivity contribution is 5.52. The van der Waals surface area contributed by atoms with E-state index in [4.69, 9.17) is 0 Å². The molecule has 4 heteroatoms. The van der Waals surface area contributed by atoms with Crippen LogP contribution in [-0.4, -0.2) is 39.9 Å². The highest BCUT2D eigenvalue weighted by Crippen LogP contribution is 2.68. The molecule has 0 bridgehead atoms. The normalized spacial score (nSPS) is 54.0. The molecule has 4 saturated carbocycles. The lowest BCUT2D eigenvalue weighted by molar-refractivity contribution is -0.207. The van der Waals surface area contributed by atoms with Gasteiger partial charge in [-0.25, -0.2) is 0 Å². The van der Waals surface area contributed by atoms with Crippen molar-refractivity contribution in [1.82, 2.24) is 0 Å². The Labute approximate surface area is 176 Å². The number of aliphatic hydroxyl groups excluding tert-OH is 3. The highest BCUT2D eigenvalue weighted by Gasteiger charge is 2.65. The molecule has 0 amide bonds. The largest absolute Gasteiger partial charge is 0.393 e. The molecule has 4 fully saturated rings. The van der Waals surface area contributed by atoms with Crippen molar-refractivity contribution in [3.8, 4) is 0 Å². The van der Waals surface area contributed by atoms with Gasteiger partial charge in [0.25, 0.3) is 0 Å². The summed E-state index contributed by atoms with van der Waals surface area (Å²) in [4.78, 5) is 11.2. The lowest BCUT2D eigenvalue weighted by Gasteiger charge is -2.63. The average molecular weight is 407 g/mol. The third kappa shape index (κ3) is 3.24. The zero-order valence-electron chi connectivity index (χ0n) is 18.8. The Morgan fingerprint density at radius 2 is 1.72 bits per heavy atom. The van der Waals surface area contributed by atoms with E-state index in [1.54, 1.807) is 0 Å². The Hall–Kier alpha value is -0.450. The van der Waals surface area contributed by atoms with Crippen LogP contribution in [0.2, 0.25) is 0 Å². The van der Waals surface area contributed by atoms with E-state index < -0.39 is 0 Å². The van der Waals surface area contributed by atoms with Gasteiger partial charge in [-0.15, -0.1) is 0 Å². The van der Waals surface area contributed by atoms with Crippen LogP contribution in [0.5, 0.6) is 0 Å². The molecule has 12 atom stereocenters. The van der Waals surface area contributed by atoms with Crippen LogP contribution >= 0.6 is 0 Å². The molecular weight excluding hydrogens is 364 g/mol. The van der Waals surface area contributed by atoms with Crippen molar-refractivity contribution in [2.45, 2.75) is 97.4 Å². The van der Waals surface area contributed by atoms with Gasteiger partial charge in [0.15, 0.2) is 0 Å². The lowest BCUT2D eigenvalue weighted by atomic mass is 9.43. The van der Waals surface area contributed by atoms with Gasteiger partial charge in [-0.05, 0) is 97.7 Å². The van der Waals surface area contributed by atoms with Gasteiger partial charge in [0.05, 0.1) is 18.3 Å². The molecule has 166 valence electrons. The molecule has 29 heavy (non-hydrogen) atoms. The Morgan fingerprint density at radius 1 is 1.00 bits per heavy atom. The topological polar surface area (TPSA) is 77.8 Å². The first-order valence-corrected chi connectivity index (χ1v) is 12.1. The Balaban J connectivity index is 1.62. The fraction of sp³-hybridized carbons (Fsp3) is 0.960. The van der Waals surface area contributed by atoms with Gasteiger partial charge in [-0.3, -0.25) is 0 Å². The maximum atomic E-state index is 11.5. The summed E-state index contributed by atoms with van der Waals surface area (Å²) in [6, 6.07) is 0. The predicted molar refractivity (Wildman–Crippen MR) is 113 cm³/mol. The molecule has 4 nitrogen and oxygen atoms in total. The van der Waals surface area contributed by atoms with Crippen LogP contribution in [0.3, 0.4) is 0 Å². The van der Waals surface area contributed by atoms with Crippen molar-refractivity contribution < 1.29 is 20.1 Å². The van der Waals surface area contributed by atoms with Gasteiger partial charge in [-0.1, -0.05) is 27.7 Å². The Bertz CT molecular complexity index is 622. The number of aldehydes is 1. The molecule has 0 aromatic rings. The second-order valence-electron chi connectivity index (χ2n) is 11.9. The number of aliphatic hydroxyl groups is 3. The van der Waals surface area contributed by atoms with Crippen LogP contribution in [0, 0.1) is 52.3 Å². The fourth-order valence-corrected chi connectivity index (χ4v) is 8.94. The number of fused-ring (bicyclic) bond motifs is 5. The molecule has 0 aromatic heterocycles.